The summed E-state index contributed by atoms with van der Waals surface area (Å²) in [7, 11) is 0. The first-order valence-electron chi connectivity index (χ1n) is 14.8. The van der Waals surface area contributed by atoms with Crippen LogP contribution in [-0.4, -0.2) is 67.9 Å². The molecule has 0 radical (unpaired) electrons. The summed E-state index contributed by atoms with van der Waals surface area (Å²) < 4.78 is 2.01. The second-order valence-corrected chi connectivity index (χ2v) is 14.2. The highest BCUT2D eigenvalue weighted by molar-refractivity contribution is 9.10. The van der Waals surface area contributed by atoms with Gasteiger partial charge in [0.15, 0.2) is 0 Å². The Morgan fingerprint density at radius 1 is 0.953 bits per heavy atom. The summed E-state index contributed by atoms with van der Waals surface area (Å²) >= 11 is 13.9. The van der Waals surface area contributed by atoms with Gasteiger partial charge in [-0.2, -0.15) is 0 Å². The summed E-state index contributed by atoms with van der Waals surface area (Å²) in [6.45, 7) is 2.58. The first-order chi connectivity index (χ1) is 20.7. The minimum Gasteiger partial charge on any atom is -0.493 e. The summed E-state index contributed by atoms with van der Waals surface area (Å²) in [6.07, 6.45) is 7.48. The molecule has 1 atom stereocenters. The van der Waals surface area contributed by atoms with Crippen molar-refractivity contribution in [2.75, 3.05) is 26.2 Å². The van der Waals surface area contributed by atoms with Crippen molar-refractivity contribution >= 4 is 55.3 Å². The average molecular weight is 736 g/mol. The molecule has 2 aliphatic heterocycles. The number of pyridine rings is 1. The van der Waals surface area contributed by atoms with Crippen molar-refractivity contribution in [3.63, 3.8) is 0 Å². The van der Waals surface area contributed by atoms with E-state index in [2.05, 4.69) is 54.0 Å². The number of aryl methyl sites for hydroxylation is 2. The third kappa shape index (κ3) is 6.59. The highest BCUT2D eigenvalue weighted by atomic mass is 79.9. The zero-order valence-electron chi connectivity index (χ0n) is 23.7. The Balaban J connectivity index is 1.07. The maximum Gasteiger partial charge on any atom is 0.325 e. The number of carbonyl (C=O) groups is 2. The van der Waals surface area contributed by atoms with E-state index in [1.807, 2.05) is 17.2 Å². The van der Waals surface area contributed by atoms with Gasteiger partial charge in [0.1, 0.15) is 0 Å². The van der Waals surface area contributed by atoms with Gasteiger partial charge in [0.05, 0.1) is 17.8 Å². The van der Waals surface area contributed by atoms with Crippen LogP contribution in [0.25, 0.3) is 0 Å². The minimum atomic E-state index is -0.534. The molecule has 228 valence electrons. The average Bonchev–Trinajstić information content (AvgIpc) is 3.20. The topological polar surface area (TPSA) is 122 Å². The van der Waals surface area contributed by atoms with Gasteiger partial charge < -0.3 is 19.9 Å². The van der Waals surface area contributed by atoms with E-state index in [1.165, 1.54) is 16.7 Å². The van der Waals surface area contributed by atoms with E-state index in [9.17, 15) is 19.5 Å². The Labute approximate surface area is 271 Å². The maximum absolute atomic E-state index is 13.4. The number of fused-ring (bicyclic) bond motifs is 2. The van der Waals surface area contributed by atoms with Gasteiger partial charge in [-0.25, -0.2) is 4.79 Å². The molecule has 0 spiro atoms. The van der Waals surface area contributed by atoms with Crippen LogP contribution in [0.1, 0.15) is 66.1 Å². The number of rotatable bonds is 5. The first-order valence-corrected chi connectivity index (χ1v) is 16.8. The molecule has 12 heteroatoms. The molecule has 3 aliphatic rings. The molecule has 2 amide bonds. The largest absolute Gasteiger partial charge is 0.493 e. The molecule has 3 N–H and O–H groups in total. The second-order valence-electron chi connectivity index (χ2n) is 12.0. The van der Waals surface area contributed by atoms with Crippen LogP contribution in [0.3, 0.4) is 0 Å². The lowest BCUT2D eigenvalue weighted by Gasteiger charge is -2.38. The lowest BCUT2D eigenvalue weighted by Crippen LogP contribution is -2.43. The molecule has 1 aromatic carbocycles. The molecular weight excluding hydrogens is 702 g/mol. The van der Waals surface area contributed by atoms with Crippen molar-refractivity contribution in [2.45, 2.75) is 57.3 Å². The number of hydrogen-bond acceptors (Lipinski definition) is 5. The highest BCUT2D eigenvalue weighted by Crippen LogP contribution is 2.46. The number of aromatic nitrogens is 3. The van der Waals surface area contributed by atoms with Crippen LogP contribution in [0.4, 0.5) is 0 Å². The van der Waals surface area contributed by atoms with Gasteiger partial charge in [-0.1, -0.05) is 27.5 Å². The normalized spacial score (nSPS) is 19.6. The number of piperidine rings is 2. The molecule has 4 heterocycles. The maximum atomic E-state index is 13.4. The van der Waals surface area contributed by atoms with E-state index < -0.39 is 5.69 Å². The quantitative estimate of drug-likeness (QED) is 0.328. The Bertz CT molecular complexity index is 1590. The van der Waals surface area contributed by atoms with Gasteiger partial charge in [-0.3, -0.25) is 19.6 Å². The molecule has 3 aromatic rings. The Kier molecular flexibility index (Phi) is 9.03. The molecule has 2 saturated heterocycles. The summed E-state index contributed by atoms with van der Waals surface area (Å²) in [5.74, 6) is 0.478. The van der Waals surface area contributed by atoms with Gasteiger partial charge in [-0.15, -0.1) is 0 Å². The standard InChI is InChI=1S/C31H34Br2ClN5O4/c32-21-12-20-2-1-19-13-22(34)14-23(33)27(19)28(29(20)35-16-21)18-5-9-39(10-6-18)25(40)11-17-3-7-38(8-4-17)26(41)15-24-30(42)37-31(43)36-24/h12-14,16-18,28,42H,1-11,15H2,(H2,36,37,43)/t28-/m1/s1. The lowest BCUT2D eigenvalue weighted by atomic mass is 9.76. The number of aromatic hydroxyl groups is 1. The fourth-order valence-electron chi connectivity index (χ4n) is 7.08. The number of amides is 2. The number of likely N-dealkylation sites (tertiary alicyclic amines) is 2. The molecule has 0 unspecified atom stereocenters. The van der Waals surface area contributed by atoms with Crippen molar-refractivity contribution < 1.29 is 14.7 Å². The van der Waals surface area contributed by atoms with Gasteiger partial charge in [0, 0.05) is 58.7 Å². The molecule has 2 fully saturated rings. The zero-order valence-corrected chi connectivity index (χ0v) is 27.6. The minimum absolute atomic E-state index is 0.0601. The van der Waals surface area contributed by atoms with Crippen molar-refractivity contribution in [1.29, 1.82) is 0 Å². The van der Waals surface area contributed by atoms with Crippen molar-refractivity contribution in [3.05, 3.63) is 76.9 Å². The number of carbonyl (C=O) groups excluding carboxylic acids is 2. The molecule has 0 bridgehead atoms. The van der Waals surface area contributed by atoms with Gasteiger partial charge in [0.25, 0.3) is 0 Å². The highest BCUT2D eigenvalue weighted by Gasteiger charge is 2.37. The summed E-state index contributed by atoms with van der Waals surface area (Å²) in [4.78, 5) is 50.8. The number of imidazole rings is 1. The first kappa shape index (κ1) is 30.4. The number of halogens is 3. The molecule has 2 aromatic heterocycles. The predicted octanol–water partition coefficient (Wildman–Crippen LogP) is 5.32. The number of nitrogens with one attached hydrogen (secondary N) is 2. The fraction of sp³-hybridized carbons (Fsp3) is 0.484. The molecule has 1 aliphatic carbocycles. The monoisotopic (exact) mass is 733 g/mol. The summed E-state index contributed by atoms with van der Waals surface area (Å²) in [5, 5.41) is 10.5. The van der Waals surface area contributed by atoms with E-state index in [0.717, 1.165) is 71.3 Å². The Morgan fingerprint density at radius 3 is 2.33 bits per heavy atom. The van der Waals surface area contributed by atoms with Crippen molar-refractivity contribution in [1.82, 2.24) is 24.8 Å². The van der Waals surface area contributed by atoms with Crippen LogP contribution < -0.4 is 5.69 Å². The van der Waals surface area contributed by atoms with E-state index in [4.69, 9.17) is 16.6 Å². The van der Waals surface area contributed by atoms with E-state index in [-0.39, 0.29) is 41.6 Å². The number of benzene rings is 1. The van der Waals surface area contributed by atoms with E-state index in [0.29, 0.717) is 25.4 Å². The van der Waals surface area contributed by atoms with Crippen molar-refractivity contribution in [2.24, 2.45) is 11.8 Å². The molecular formula is C31H34Br2ClN5O4. The smallest absolute Gasteiger partial charge is 0.325 e. The van der Waals surface area contributed by atoms with E-state index in [1.54, 1.807) is 4.90 Å². The third-order valence-corrected chi connectivity index (χ3v) is 10.6. The molecule has 0 saturated carbocycles. The van der Waals surface area contributed by atoms with E-state index >= 15 is 0 Å². The SMILES string of the molecule is O=C(Cc1[nH]c(=O)[nH]c1O)N1CCC(CC(=O)N2CCC([C@H]3c4ncc(Br)cc4CCc4cc(Cl)cc(Br)c43)CC2)CC1. The van der Waals surface area contributed by atoms with Crippen LogP contribution in [0.2, 0.25) is 5.02 Å². The number of nitrogens with zero attached hydrogens (tertiary/aromatic N) is 3. The Morgan fingerprint density at radius 2 is 1.63 bits per heavy atom. The van der Waals surface area contributed by atoms with Crippen LogP contribution in [0.15, 0.2) is 38.1 Å². The van der Waals surface area contributed by atoms with Crippen molar-refractivity contribution in [3.8, 4) is 5.88 Å². The zero-order chi connectivity index (χ0) is 30.2. The van der Waals surface area contributed by atoms with Gasteiger partial charge >= 0.3 is 5.69 Å². The number of H-pyrrole nitrogens is 2. The summed E-state index contributed by atoms with van der Waals surface area (Å²) in [6, 6.07) is 6.27. The second kappa shape index (κ2) is 12.8. The molecule has 6 rings (SSSR count). The third-order valence-electron chi connectivity index (χ3n) is 9.32. The number of aromatic amines is 2. The van der Waals surface area contributed by atoms with Crippen LogP contribution in [0, 0.1) is 11.8 Å². The Hall–Kier alpha value is -2.63. The van der Waals surface area contributed by atoms with Gasteiger partial charge in [0.2, 0.25) is 17.7 Å². The lowest BCUT2D eigenvalue weighted by molar-refractivity contribution is -0.134. The van der Waals surface area contributed by atoms with Crippen LogP contribution >= 0.6 is 43.5 Å². The summed E-state index contributed by atoms with van der Waals surface area (Å²) in [5.41, 5.74) is 4.61. The molecule has 9 nitrogen and oxygen atoms in total. The molecule has 43 heavy (non-hydrogen) atoms. The van der Waals surface area contributed by atoms with Crippen LogP contribution in [0.5, 0.6) is 5.88 Å². The van der Waals surface area contributed by atoms with Gasteiger partial charge in [-0.05, 0) is 101 Å². The number of hydrogen-bond donors (Lipinski definition) is 3. The predicted molar refractivity (Wildman–Crippen MR) is 170 cm³/mol. The van der Waals surface area contributed by atoms with Crippen LogP contribution in [-0.2, 0) is 28.9 Å². The fourth-order valence-corrected chi connectivity index (χ4v) is 8.58.